The summed E-state index contributed by atoms with van der Waals surface area (Å²) in [4.78, 5) is 0. The van der Waals surface area contributed by atoms with Crippen LogP contribution in [0.1, 0.15) is 45.1 Å². The van der Waals surface area contributed by atoms with Gasteiger partial charge in [-0.2, -0.15) is 5.10 Å². The van der Waals surface area contributed by atoms with Crippen molar-refractivity contribution < 1.29 is 5.11 Å². The molecule has 1 heterocycles. The molecule has 18 heavy (non-hydrogen) atoms. The van der Waals surface area contributed by atoms with Gasteiger partial charge < -0.3 is 10.4 Å². The highest BCUT2D eigenvalue weighted by molar-refractivity contribution is 5.03. The van der Waals surface area contributed by atoms with Crippen molar-refractivity contribution in [3.05, 3.63) is 18.0 Å². The van der Waals surface area contributed by atoms with Crippen LogP contribution in [0.5, 0.6) is 0 Å². The lowest BCUT2D eigenvalue weighted by Gasteiger charge is -2.15. The summed E-state index contributed by atoms with van der Waals surface area (Å²) in [5, 5.41) is 16.8. The summed E-state index contributed by atoms with van der Waals surface area (Å²) in [6, 6.07) is 0. The second-order valence-electron chi connectivity index (χ2n) is 4.91. The second kappa shape index (κ2) is 9.11. The molecule has 104 valence electrons. The van der Waals surface area contributed by atoms with Crippen molar-refractivity contribution in [2.75, 3.05) is 13.2 Å². The van der Waals surface area contributed by atoms with Gasteiger partial charge in [-0.3, -0.25) is 4.68 Å². The first kappa shape index (κ1) is 15.2. The van der Waals surface area contributed by atoms with Crippen molar-refractivity contribution >= 4 is 0 Å². The SMILES string of the molecule is CCCC(CCO)CNCc1cnn(CCC)c1. The highest BCUT2D eigenvalue weighted by Crippen LogP contribution is 2.09. The predicted octanol–water partition coefficient (Wildman–Crippen LogP) is 2.18. The Balaban J connectivity index is 2.25. The average molecular weight is 253 g/mol. The summed E-state index contributed by atoms with van der Waals surface area (Å²) in [5.74, 6) is 0.589. The zero-order valence-corrected chi connectivity index (χ0v) is 11.7. The Hall–Kier alpha value is -0.870. The van der Waals surface area contributed by atoms with Gasteiger partial charge in [-0.25, -0.2) is 0 Å². The number of aryl methyl sites for hydroxylation is 1. The Labute approximate surface area is 110 Å². The third-order valence-corrected chi connectivity index (χ3v) is 3.14. The average Bonchev–Trinajstić information content (AvgIpc) is 2.78. The van der Waals surface area contributed by atoms with Gasteiger partial charge >= 0.3 is 0 Å². The van der Waals surface area contributed by atoms with Gasteiger partial charge in [-0.05, 0) is 31.7 Å². The maximum atomic E-state index is 9.00. The van der Waals surface area contributed by atoms with Crippen molar-refractivity contribution in [2.45, 2.75) is 52.6 Å². The molecule has 0 bridgehead atoms. The Kier molecular flexibility index (Phi) is 7.69. The van der Waals surface area contributed by atoms with Gasteiger partial charge in [-0.1, -0.05) is 20.3 Å². The third kappa shape index (κ3) is 5.65. The molecule has 0 aliphatic carbocycles. The standard InChI is InChI=1S/C14H27N3O/c1-3-5-13(6-8-18)9-15-10-14-11-16-17(12-14)7-4-2/h11-13,15,18H,3-10H2,1-2H3. The predicted molar refractivity (Wildman–Crippen MR) is 74.3 cm³/mol. The number of nitrogens with one attached hydrogen (secondary N) is 1. The van der Waals surface area contributed by atoms with E-state index < -0.39 is 0 Å². The van der Waals surface area contributed by atoms with Gasteiger partial charge in [0.15, 0.2) is 0 Å². The molecule has 0 aliphatic heterocycles. The molecule has 4 nitrogen and oxygen atoms in total. The lowest BCUT2D eigenvalue weighted by atomic mass is 10.0. The van der Waals surface area contributed by atoms with Gasteiger partial charge in [0.25, 0.3) is 0 Å². The summed E-state index contributed by atoms with van der Waals surface area (Å²) in [6.07, 6.45) is 8.42. The van der Waals surface area contributed by atoms with Crippen LogP contribution < -0.4 is 5.32 Å². The third-order valence-electron chi connectivity index (χ3n) is 3.14. The first-order valence-electron chi connectivity index (χ1n) is 7.13. The number of aromatic nitrogens is 2. The minimum absolute atomic E-state index is 0.292. The van der Waals surface area contributed by atoms with Gasteiger partial charge in [0.05, 0.1) is 6.20 Å². The van der Waals surface area contributed by atoms with E-state index in [1.54, 1.807) is 0 Å². The molecular formula is C14H27N3O. The van der Waals surface area contributed by atoms with Gasteiger partial charge in [0.2, 0.25) is 0 Å². The fraction of sp³-hybridized carbons (Fsp3) is 0.786. The van der Waals surface area contributed by atoms with Crippen LogP contribution in [0.2, 0.25) is 0 Å². The highest BCUT2D eigenvalue weighted by Gasteiger charge is 2.06. The topological polar surface area (TPSA) is 50.1 Å². The van der Waals surface area contributed by atoms with E-state index in [9.17, 15) is 0 Å². The maximum absolute atomic E-state index is 9.00. The van der Waals surface area contributed by atoms with Crippen LogP contribution in [-0.2, 0) is 13.1 Å². The Morgan fingerprint density at radius 3 is 2.83 bits per heavy atom. The molecule has 2 N–H and O–H groups in total. The molecule has 1 rings (SSSR count). The number of aliphatic hydroxyl groups is 1. The number of aliphatic hydroxyl groups excluding tert-OH is 1. The summed E-state index contributed by atoms with van der Waals surface area (Å²) in [6.45, 7) is 7.48. The van der Waals surface area contributed by atoms with Crippen molar-refractivity contribution in [3.8, 4) is 0 Å². The molecule has 1 atom stereocenters. The van der Waals surface area contributed by atoms with Crippen LogP contribution in [0.25, 0.3) is 0 Å². The highest BCUT2D eigenvalue weighted by atomic mass is 16.3. The molecule has 1 aromatic rings. The van der Waals surface area contributed by atoms with E-state index in [4.69, 9.17) is 5.11 Å². The smallest absolute Gasteiger partial charge is 0.0534 e. The minimum atomic E-state index is 0.292. The molecule has 0 spiro atoms. The van der Waals surface area contributed by atoms with Crippen LogP contribution in [0.3, 0.4) is 0 Å². The Morgan fingerprint density at radius 1 is 1.33 bits per heavy atom. The first-order valence-corrected chi connectivity index (χ1v) is 7.13. The molecular weight excluding hydrogens is 226 g/mol. The van der Waals surface area contributed by atoms with Crippen molar-refractivity contribution in [1.29, 1.82) is 0 Å². The Morgan fingerprint density at radius 2 is 2.17 bits per heavy atom. The first-order chi connectivity index (χ1) is 8.80. The minimum Gasteiger partial charge on any atom is -0.396 e. The van der Waals surface area contributed by atoms with Crippen LogP contribution in [0, 0.1) is 5.92 Å². The largest absolute Gasteiger partial charge is 0.396 e. The zero-order chi connectivity index (χ0) is 13.2. The van der Waals surface area contributed by atoms with E-state index in [2.05, 4.69) is 30.5 Å². The molecule has 0 saturated heterocycles. The molecule has 0 radical (unpaired) electrons. The fourth-order valence-corrected chi connectivity index (χ4v) is 2.21. The van der Waals surface area contributed by atoms with Crippen LogP contribution >= 0.6 is 0 Å². The molecule has 0 aromatic carbocycles. The van der Waals surface area contributed by atoms with E-state index in [0.717, 1.165) is 32.5 Å². The van der Waals surface area contributed by atoms with Crippen LogP contribution in [0.15, 0.2) is 12.4 Å². The second-order valence-corrected chi connectivity index (χ2v) is 4.91. The zero-order valence-electron chi connectivity index (χ0n) is 11.7. The Bertz CT molecular complexity index is 306. The van der Waals surface area contributed by atoms with Gasteiger partial charge in [0, 0.05) is 31.5 Å². The fourth-order valence-electron chi connectivity index (χ4n) is 2.21. The molecule has 1 aromatic heterocycles. The number of hydrogen-bond acceptors (Lipinski definition) is 3. The van der Waals surface area contributed by atoms with Crippen molar-refractivity contribution in [1.82, 2.24) is 15.1 Å². The lowest BCUT2D eigenvalue weighted by molar-refractivity contribution is 0.248. The van der Waals surface area contributed by atoms with E-state index in [0.29, 0.717) is 12.5 Å². The summed E-state index contributed by atoms with van der Waals surface area (Å²) < 4.78 is 1.99. The van der Waals surface area contributed by atoms with E-state index in [1.807, 2.05) is 10.9 Å². The van der Waals surface area contributed by atoms with Crippen LogP contribution in [0.4, 0.5) is 0 Å². The lowest BCUT2D eigenvalue weighted by Crippen LogP contribution is -2.23. The molecule has 4 heteroatoms. The maximum Gasteiger partial charge on any atom is 0.0534 e. The van der Waals surface area contributed by atoms with E-state index in [-0.39, 0.29) is 0 Å². The number of nitrogens with zero attached hydrogens (tertiary/aromatic N) is 2. The van der Waals surface area contributed by atoms with Crippen molar-refractivity contribution in [2.24, 2.45) is 5.92 Å². The molecule has 0 fully saturated rings. The van der Waals surface area contributed by atoms with E-state index in [1.165, 1.54) is 18.4 Å². The summed E-state index contributed by atoms with van der Waals surface area (Å²) >= 11 is 0. The molecule has 0 aliphatic rings. The summed E-state index contributed by atoms with van der Waals surface area (Å²) in [7, 11) is 0. The van der Waals surface area contributed by atoms with E-state index >= 15 is 0 Å². The molecule has 1 unspecified atom stereocenters. The summed E-state index contributed by atoms with van der Waals surface area (Å²) in [5.41, 5.74) is 1.24. The normalized spacial score (nSPS) is 12.8. The molecule has 0 amide bonds. The molecule has 0 saturated carbocycles. The number of hydrogen-bond donors (Lipinski definition) is 2. The quantitative estimate of drug-likeness (QED) is 0.672. The van der Waals surface area contributed by atoms with Crippen molar-refractivity contribution in [3.63, 3.8) is 0 Å². The monoisotopic (exact) mass is 253 g/mol. The van der Waals surface area contributed by atoms with Gasteiger partial charge in [0.1, 0.15) is 0 Å². The van der Waals surface area contributed by atoms with Gasteiger partial charge in [-0.15, -0.1) is 0 Å². The number of rotatable bonds is 10. The van der Waals surface area contributed by atoms with Crippen LogP contribution in [-0.4, -0.2) is 28.0 Å².